The van der Waals surface area contributed by atoms with Gasteiger partial charge in [0.2, 0.25) is 5.28 Å². The Balaban J connectivity index is 1.31. The smallest absolute Gasteiger partial charge is 0.273 e. The molecule has 3 aromatic rings. The second-order valence-electron chi connectivity index (χ2n) is 8.48. The molecule has 0 saturated carbocycles. The standard InChI is InChI=1S/C25H24ClFN6O3/c1-32(12-13-36-22-14-19(33(34)35)7-4-17(22)15-28)11-10-29-24-21-9-8-20(23(21)30-25(26)31-24)16-2-5-18(27)6-3-16/h2-7,14,20H,8-13H2,1H3,(H,29,30,31). The number of fused-ring (bicyclic) bond motifs is 1. The van der Waals surface area contributed by atoms with E-state index >= 15 is 0 Å². The first kappa shape index (κ1) is 25.3. The number of nitro groups is 1. The van der Waals surface area contributed by atoms with Crippen LogP contribution in [0, 0.1) is 27.3 Å². The van der Waals surface area contributed by atoms with Crippen molar-refractivity contribution >= 4 is 23.1 Å². The number of non-ortho nitro benzene ring substituents is 1. The van der Waals surface area contributed by atoms with Crippen LogP contribution >= 0.6 is 11.6 Å². The summed E-state index contributed by atoms with van der Waals surface area (Å²) in [6.45, 7) is 2.07. The van der Waals surface area contributed by atoms with Crippen LogP contribution in [0.1, 0.15) is 34.7 Å². The van der Waals surface area contributed by atoms with E-state index in [2.05, 4.69) is 15.3 Å². The van der Waals surface area contributed by atoms with Gasteiger partial charge in [-0.1, -0.05) is 12.1 Å². The summed E-state index contributed by atoms with van der Waals surface area (Å²) < 4.78 is 19.0. The number of nitrogens with zero attached hydrogens (tertiary/aromatic N) is 5. The number of aromatic nitrogens is 2. The van der Waals surface area contributed by atoms with Crippen LogP contribution < -0.4 is 10.1 Å². The lowest BCUT2D eigenvalue weighted by molar-refractivity contribution is -0.384. The van der Waals surface area contributed by atoms with Crippen LogP contribution in [0.25, 0.3) is 0 Å². The summed E-state index contributed by atoms with van der Waals surface area (Å²) >= 11 is 6.22. The third-order valence-electron chi connectivity index (χ3n) is 6.11. The maximum absolute atomic E-state index is 13.3. The van der Waals surface area contributed by atoms with Gasteiger partial charge in [-0.05, 0) is 55.3 Å². The Hall–Kier alpha value is -3.81. The van der Waals surface area contributed by atoms with E-state index in [0.29, 0.717) is 25.5 Å². The molecule has 1 aliphatic rings. The van der Waals surface area contributed by atoms with Gasteiger partial charge in [0.1, 0.15) is 30.1 Å². The second kappa shape index (κ2) is 11.3. The molecule has 1 heterocycles. The van der Waals surface area contributed by atoms with Crippen molar-refractivity contribution in [2.24, 2.45) is 0 Å². The summed E-state index contributed by atoms with van der Waals surface area (Å²) in [6.07, 6.45) is 1.65. The fourth-order valence-corrected chi connectivity index (χ4v) is 4.40. The molecule has 1 unspecified atom stereocenters. The largest absolute Gasteiger partial charge is 0.491 e. The Morgan fingerprint density at radius 1 is 1.28 bits per heavy atom. The van der Waals surface area contributed by atoms with Crippen LogP contribution in [0.15, 0.2) is 42.5 Å². The SMILES string of the molecule is CN(CCNc1nc(Cl)nc2c1CCC2c1ccc(F)cc1)CCOc1cc([N+](=O)[O-])ccc1C#N. The van der Waals surface area contributed by atoms with E-state index in [0.717, 1.165) is 29.7 Å². The minimum absolute atomic E-state index is 0.0496. The van der Waals surface area contributed by atoms with E-state index in [1.807, 2.05) is 18.0 Å². The van der Waals surface area contributed by atoms with Crippen molar-refractivity contribution in [1.82, 2.24) is 14.9 Å². The molecule has 2 aromatic carbocycles. The third-order valence-corrected chi connectivity index (χ3v) is 6.28. The van der Waals surface area contributed by atoms with Gasteiger partial charge in [0.25, 0.3) is 5.69 Å². The number of halogens is 2. The molecule has 0 fully saturated rings. The molecule has 36 heavy (non-hydrogen) atoms. The number of nitriles is 1. The van der Waals surface area contributed by atoms with Crippen LogP contribution in [-0.2, 0) is 6.42 Å². The molecule has 11 heteroatoms. The van der Waals surface area contributed by atoms with Crippen molar-refractivity contribution in [1.29, 1.82) is 5.26 Å². The van der Waals surface area contributed by atoms with Crippen molar-refractivity contribution in [3.8, 4) is 11.8 Å². The Morgan fingerprint density at radius 3 is 2.78 bits per heavy atom. The lowest BCUT2D eigenvalue weighted by atomic mass is 9.97. The highest BCUT2D eigenvalue weighted by atomic mass is 35.5. The van der Waals surface area contributed by atoms with Crippen molar-refractivity contribution in [3.63, 3.8) is 0 Å². The van der Waals surface area contributed by atoms with E-state index in [-0.39, 0.29) is 40.6 Å². The number of hydrogen-bond donors (Lipinski definition) is 1. The van der Waals surface area contributed by atoms with Crippen molar-refractivity contribution in [2.45, 2.75) is 18.8 Å². The molecule has 1 aliphatic carbocycles. The van der Waals surface area contributed by atoms with Gasteiger partial charge in [-0.2, -0.15) is 5.26 Å². The highest BCUT2D eigenvalue weighted by molar-refractivity contribution is 6.28. The predicted molar refractivity (Wildman–Crippen MR) is 133 cm³/mol. The molecular weight excluding hydrogens is 487 g/mol. The summed E-state index contributed by atoms with van der Waals surface area (Å²) in [6, 6.07) is 12.4. The second-order valence-corrected chi connectivity index (χ2v) is 8.81. The van der Waals surface area contributed by atoms with Crippen LogP contribution in [-0.4, -0.2) is 53.1 Å². The van der Waals surface area contributed by atoms with Gasteiger partial charge in [0.05, 0.1) is 22.2 Å². The molecule has 1 aromatic heterocycles. The number of hydrogen-bond acceptors (Lipinski definition) is 8. The van der Waals surface area contributed by atoms with Gasteiger partial charge < -0.3 is 15.0 Å². The predicted octanol–water partition coefficient (Wildman–Crippen LogP) is 4.55. The molecule has 0 amide bonds. The van der Waals surface area contributed by atoms with E-state index in [4.69, 9.17) is 16.3 Å². The van der Waals surface area contributed by atoms with Gasteiger partial charge in [0, 0.05) is 37.2 Å². The Kier molecular flexibility index (Phi) is 7.93. The average molecular weight is 511 g/mol. The fraction of sp³-hybridized carbons (Fsp3) is 0.320. The first-order valence-electron chi connectivity index (χ1n) is 11.4. The summed E-state index contributed by atoms with van der Waals surface area (Å²) in [5, 5.41) is 23.7. The number of likely N-dealkylation sites (N-methyl/N-ethyl adjacent to an activating group) is 1. The first-order chi connectivity index (χ1) is 17.4. The number of rotatable bonds is 10. The molecule has 9 nitrogen and oxygen atoms in total. The number of benzene rings is 2. The maximum Gasteiger partial charge on any atom is 0.273 e. The molecule has 4 rings (SSSR count). The lowest BCUT2D eigenvalue weighted by Gasteiger charge is -2.18. The fourth-order valence-electron chi connectivity index (χ4n) is 4.22. The summed E-state index contributed by atoms with van der Waals surface area (Å²) in [4.78, 5) is 21.3. The molecular formula is C25H24ClFN6O3. The monoisotopic (exact) mass is 510 g/mol. The zero-order valence-electron chi connectivity index (χ0n) is 19.6. The molecule has 0 saturated heterocycles. The number of nitrogens with one attached hydrogen (secondary N) is 1. The lowest BCUT2D eigenvalue weighted by Crippen LogP contribution is -2.29. The van der Waals surface area contributed by atoms with Gasteiger partial charge >= 0.3 is 0 Å². The molecule has 1 atom stereocenters. The Morgan fingerprint density at radius 2 is 2.06 bits per heavy atom. The number of anilines is 1. The highest BCUT2D eigenvalue weighted by Gasteiger charge is 2.29. The van der Waals surface area contributed by atoms with Gasteiger partial charge in [-0.25, -0.2) is 14.4 Å². The number of nitro benzene ring substituents is 1. The van der Waals surface area contributed by atoms with E-state index < -0.39 is 4.92 Å². The van der Waals surface area contributed by atoms with E-state index in [1.165, 1.54) is 30.3 Å². The molecule has 0 spiro atoms. The van der Waals surface area contributed by atoms with Crippen molar-refractivity contribution in [2.75, 3.05) is 38.6 Å². The minimum Gasteiger partial charge on any atom is -0.491 e. The quantitative estimate of drug-likeness (QED) is 0.240. The highest BCUT2D eigenvalue weighted by Crippen LogP contribution is 2.40. The zero-order valence-corrected chi connectivity index (χ0v) is 20.3. The Labute approximate surface area is 212 Å². The third kappa shape index (κ3) is 5.87. The Bertz CT molecular complexity index is 1300. The molecule has 0 bridgehead atoms. The topological polar surface area (TPSA) is 117 Å². The van der Waals surface area contributed by atoms with E-state index in [1.54, 1.807) is 12.1 Å². The van der Waals surface area contributed by atoms with E-state index in [9.17, 15) is 19.8 Å². The van der Waals surface area contributed by atoms with Crippen molar-refractivity contribution in [3.05, 3.63) is 86.1 Å². The summed E-state index contributed by atoms with van der Waals surface area (Å²) in [5.41, 5.74) is 3.02. The molecule has 1 N–H and O–H groups in total. The van der Waals surface area contributed by atoms with Gasteiger partial charge in [0.15, 0.2) is 0 Å². The summed E-state index contributed by atoms with van der Waals surface area (Å²) in [7, 11) is 1.92. The average Bonchev–Trinajstić information content (AvgIpc) is 3.28. The van der Waals surface area contributed by atoms with Gasteiger partial charge in [-0.3, -0.25) is 10.1 Å². The molecule has 186 valence electrons. The summed E-state index contributed by atoms with van der Waals surface area (Å²) in [5.74, 6) is 0.674. The van der Waals surface area contributed by atoms with Crippen molar-refractivity contribution < 1.29 is 14.1 Å². The maximum atomic E-state index is 13.3. The van der Waals surface area contributed by atoms with Gasteiger partial charge in [-0.15, -0.1) is 0 Å². The van der Waals surface area contributed by atoms with Crippen LogP contribution in [0.4, 0.5) is 15.9 Å². The van der Waals surface area contributed by atoms with Crippen LogP contribution in [0.3, 0.4) is 0 Å². The molecule has 0 radical (unpaired) electrons. The zero-order chi connectivity index (χ0) is 25.7. The molecule has 0 aliphatic heterocycles. The normalized spacial score (nSPS) is 14.4. The van der Waals surface area contributed by atoms with Crippen LogP contribution in [0.2, 0.25) is 5.28 Å². The number of ether oxygens (including phenoxy) is 1. The van der Waals surface area contributed by atoms with Crippen LogP contribution in [0.5, 0.6) is 5.75 Å². The minimum atomic E-state index is -0.524. The first-order valence-corrected chi connectivity index (χ1v) is 11.8.